The molecule has 0 fully saturated rings. The third-order valence-electron chi connectivity index (χ3n) is 2.03. The Labute approximate surface area is 136 Å². The normalized spacial score (nSPS) is 15.4. The van der Waals surface area contributed by atoms with Crippen LogP contribution < -0.4 is 0 Å². The van der Waals surface area contributed by atoms with Gasteiger partial charge >= 0.3 is 34.2 Å². The summed E-state index contributed by atoms with van der Waals surface area (Å²) in [6.45, 7) is 22.1. The molecule has 0 aromatic carbocycles. The fraction of sp³-hybridized carbons (Fsp3) is 1.00. The van der Waals surface area contributed by atoms with E-state index >= 15 is 0 Å². The van der Waals surface area contributed by atoms with Gasteiger partial charge in [-0.25, -0.2) is 0 Å². The van der Waals surface area contributed by atoms with Gasteiger partial charge in [0.05, 0.1) is 0 Å². The summed E-state index contributed by atoms with van der Waals surface area (Å²) in [5.41, 5.74) is 0. The highest BCUT2D eigenvalue weighted by atomic mass is 28.5. The van der Waals surface area contributed by atoms with Crippen LogP contribution in [0.2, 0.25) is 72.0 Å². The molecule has 0 aromatic heterocycles. The summed E-state index contributed by atoms with van der Waals surface area (Å²) < 4.78 is 24.6. The van der Waals surface area contributed by atoms with Gasteiger partial charge in [0, 0.05) is 0 Å². The van der Waals surface area contributed by atoms with Gasteiger partial charge in [0.15, 0.2) is 8.32 Å². The molecule has 0 rings (SSSR count). The van der Waals surface area contributed by atoms with Crippen LogP contribution in [0.15, 0.2) is 0 Å². The molecule has 0 aliphatic carbocycles. The van der Waals surface area contributed by atoms with Gasteiger partial charge in [-0.2, -0.15) is 0 Å². The highest BCUT2D eigenvalue weighted by Crippen LogP contribution is 2.25. The second-order valence-corrected chi connectivity index (χ2v) is 27.0. The SMILES string of the molecule is C[Si](C)(C)O[Si](C)(C)O[Si](C)(C)O[Si](C)(C)O[Si](C)(C)O. The Morgan fingerprint density at radius 2 is 0.762 bits per heavy atom. The van der Waals surface area contributed by atoms with Crippen LogP contribution in [0.25, 0.3) is 0 Å². The summed E-state index contributed by atoms with van der Waals surface area (Å²) in [6, 6.07) is 0. The van der Waals surface area contributed by atoms with Gasteiger partial charge in [0.2, 0.25) is 0 Å². The molecule has 5 nitrogen and oxygen atoms in total. The van der Waals surface area contributed by atoms with Crippen LogP contribution in [-0.4, -0.2) is 47.4 Å². The predicted octanol–water partition coefficient (Wildman–Crippen LogP) is 3.69. The van der Waals surface area contributed by atoms with Crippen LogP contribution in [0.1, 0.15) is 0 Å². The van der Waals surface area contributed by atoms with Gasteiger partial charge in [-0.15, -0.1) is 0 Å². The van der Waals surface area contributed by atoms with Crippen LogP contribution in [-0.2, 0) is 16.5 Å². The minimum atomic E-state index is -2.60. The first-order valence-corrected chi connectivity index (χ1v) is 22.1. The van der Waals surface area contributed by atoms with Crippen LogP contribution in [0.3, 0.4) is 0 Å². The zero-order valence-electron chi connectivity index (χ0n) is 15.6. The molecule has 0 amide bonds. The van der Waals surface area contributed by atoms with E-state index in [9.17, 15) is 4.80 Å². The summed E-state index contributed by atoms with van der Waals surface area (Å²) in [4.78, 5) is 9.97. The first-order chi connectivity index (χ1) is 8.83. The maximum Gasteiger partial charge on any atom is 0.320 e. The fourth-order valence-corrected chi connectivity index (χ4v) is 24.4. The van der Waals surface area contributed by atoms with Gasteiger partial charge in [-0.3, -0.25) is 0 Å². The molecular weight excluding hydrogens is 353 g/mol. The fourth-order valence-electron chi connectivity index (χ4n) is 2.59. The van der Waals surface area contributed by atoms with Gasteiger partial charge in [-0.05, 0) is 72.0 Å². The maximum atomic E-state index is 9.97. The summed E-state index contributed by atoms with van der Waals surface area (Å²) in [5.74, 6) is 0. The van der Waals surface area contributed by atoms with E-state index in [-0.39, 0.29) is 0 Å². The number of hydrogen-bond acceptors (Lipinski definition) is 5. The molecule has 128 valence electrons. The lowest BCUT2D eigenvalue weighted by molar-refractivity contribution is 0.280. The molecule has 0 radical (unpaired) electrons. The monoisotopic (exact) mass is 386 g/mol. The molecule has 21 heavy (non-hydrogen) atoms. The molecule has 0 spiro atoms. The zero-order valence-corrected chi connectivity index (χ0v) is 20.6. The first-order valence-electron chi connectivity index (χ1n) is 7.36. The minimum absolute atomic E-state index is 1.64. The Balaban J connectivity index is 4.83. The molecule has 0 aliphatic rings. The van der Waals surface area contributed by atoms with Crippen LogP contribution in [0.5, 0.6) is 0 Å². The summed E-state index contributed by atoms with van der Waals surface area (Å²) >= 11 is 0. The van der Waals surface area contributed by atoms with Crippen molar-refractivity contribution in [1.82, 2.24) is 0 Å². The van der Waals surface area contributed by atoms with Crippen molar-refractivity contribution >= 4 is 42.6 Å². The van der Waals surface area contributed by atoms with Crippen LogP contribution in [0, 0.1) is 0 Å². The Morgan fingerprint density at radius 3 is 1.05 bits per heavy atom. The second kappa shape index (κ2) is 6.79. The highest BCUT2D eigenvalue weighted by molar-refractivity contribution is 6.89. The molecule has 0 saturated carbocycles. The Kier molecular flexibility index (Phi) is 7.07. The van der Waals surface area contributed by atoms with E-state index in [1.807, 2.05) is 26.2 Å². The van der Waals surface area contributed by atoms with E-state index in [0.717, 1.165) is 0 Å². The molecule has 0 heterocycles. The van der Waals surface area contributed by atoms with E-state index in [2.05, 4.69) is 32.7 Å². The molecule has 0 bridgehead atoms. The van der Waals surface area contributed by atoms with Crippen molar-refractivity contribution in [2.75, 3.05) is 0 Å². The average Bonchev–Trinajstić information content (AvgIpc) is 1.83. The molecule has 1 N–H and O–H groups in total. The van der Waals surface area contributed by atoms with E-state index in [4.69, 9.17) is 16.5 Å². The molecule has 0 unspecified atom stereocenters. The number of rotatable bonds is 8. The molecule has 0 aromatic rings. The molecule has 0 atom stereocenters. The minimum Gasteiger partial charge on any atom is -0.437 e. The van der Waals surface area contributed by atoms with Crippen molar-refractivity contribution in [3.05, 3.63) is 0 Å². The highest BCUT2D eigenvalue weighted by Gasteiger charge is 2.44. The molecule has 0 aliphatic heterocycles. The van der Waals surface area contributed by atoms with Crippen molar-refractivity contribution in [3.63, 3.8) is 0 Å². The van der Waals surface area contributed by atoms with Gasteiger partial charge < -0.3 is 21.3 Å². The quantitative estimate of drug-likeness (QED) is 0.645. The first kappa shape index (κ1) is 21.9. The lowest BCUT2D eigenvalue weighted by atomic mass is 11.8. The van der Waals surface area contributed by atoms with E-state index in [1.54, 1.807) is 13.1 Å². The second-order valence-electron chi connectivity index (χ2n) is 8.17. The third-order valence-corrected chi connectivity index (χ3v) is 18.3. The van der Waals surface area contributed by atoms with E-state index in [1.165, 1.54) is 0 Å². The van der Waals surface area contributed by atoms with Gasteiger partial charge in [-0.1, -0.05) is 0 Å². The van der Waals surface area contributed by atoms with Crippen molar-refractivity contribution in [2.45, 2.75) is 72.0 Å². The Morgan fingerprint density at radius 1 is 0.476 bits per heavy atom. The van der Waals surface area contributed by atoms with E-state index in [0.29, 0.717) is 0 Å². The van der Waals surface area contributed by atoms with E-state index < -0.39 is 42.6 Å². The molecule has 10 heteroatoms. The van der Waals surface area contributed by atoms with Crippen LogP contribution >= 0.6 is 0 Å². The standard InChI is InChI=1S/C11H34O5Si5/c1-17(2,3)13-19(6,7)15-21(10,11)16-20(8,9)14-18(4,5)12/h12H,1-11H3. The largest absolute Gasteiger partial charge is 0.437 e. The van der Waals surface area contributed by atoms with Crippen LogP contribution in [0.4, 0.5) is 0 Å². The lowest BCUT2D eigenvalue weighted by Crippen LogP contribution is -2.58. The van der Waals surface area contributed by atoms with Crippen molar-refractivity contribution in [2.24, 2.45) is 0 Å². The van der Waals surface area contributed by atoms with Gasteiger partial charge in [0.25, 0.3) is 0 Å². The smallest absolute Gasteiger partial charge is 0.320 e. The summed E-state index contributed by atoms with van der Waals surface area (Å²) in [5, 5.41) is 0. The zero-order chi connectivity index (χ0) is 17.3. The van der Waals surface area contributed by atoms with Gasteiger partial charge in [0.1, 0.15) is 0 Å². The molecule has 0 saturated heterocycles. The average molecular weight is 387 g/mol. The van der Waals surface area contributed by atoms with Crippen molar-refractivity contribution in [3.8, 4) is 0 Å². The third kappa shape index (κ3) is 12.0. The number of hydrogen-bond donors (Lipinski definition) is 1. The topological polar surface area (TPSA) is 57.2 Å². The Hall–Kier alpha value is 0.884. The predicted molar refractivity (Wildman–Crippen MR) is 99.8 cm³/mol. The summed E-state index contributed by atoms with van der Waals surface area (Å²) in [7, 11) is -11.2. The maximum absolute atomic E-state index is 9.97. The Bertz CT molecular complexity index is 314. The van der Waals surface area contributed by atoms with Crippen molar-refractivity contribution < 1.29 is 21.3 Å². The van der Waals surface area contributed by atoms with Crippen molar-refractivity contribution in [1.29, 1.82) is 0 Å². The lowest BCUT2D eigenvalue weighted by Gasteiger charge is -2.41. The molecular formula is C11H34O5Si5. The summed E-state index contributed by atoms with van der Waals surface area (Å²) in [6.07, 6.45) is 0.